The van der Waals surface area contributed by atoms with Crippen LogP contribution in [0.25, 0.3) is 0 Å². The maximum absolute atomic E-state index is 13.2. The summed E-state index contributed by atoms with van der Waals surface area (Å²) in [6.45, 7) is 5.87. The molecule has 0 spiro atoms. The number of carbonyl (C=O) groups excluding carboxylic acids is 2. The van der Waals surface area contributed by atoms with Crippen LogP contribution in [0.15, 0.2) is 54.6 Å². The number of nitrogens with one attached hydrogen (secondary N) is 1. The Kier molecular flexibility index (Phi) is 8.46. The van der Waals surface area contributed by atoms with Gasteiger partial charge >= 0.3 is 6.18 Å². The van der Waals surface area contributed by atoms with Gasteiger partial charge in [-0.05, 0) is 30.3 Å². The van der Waals surface area contributed by atoms with E-state index in [9.17, 15) is 22.8 Å². The van der Waals surface area contributed by atoms with Crippen LogP contribution in [0.4, 0.5) is 18.9 Å². The molecule has 178 valence electrons. The van der Waals surface area contributed by atoms with Gasteiger partial charge in [0.25, 0.3) is 11.8 Å². The molecule has 2 aromatic carbocycles. The summed E-state index contributed by atoms with van der Waals surface area (Å²) in [5, 5.41) is 4.17. The van der Waals surface area contributed by atoms with Crippen molar-refractivity contribution in [2.24, 2.45) is 0 Å². The van der Waals surface area contributed by atoms with E-state index in [1.54, 1.807) is 5.32 Å². The van der Waals surface area contributed by atoms with Gasteiger partial charge in [0.05, 0.1) is 5.56 Å². The topological polar surface area (TPSA) is 69.3 Å². The standard InChI is InChI=1S/C24H29F3N4O2/c1-2-30-11-13-31(14-12-30)23(33)21(15-18-7-4-3-5-8-18)28-17-22(32)29-20-10-6-9-19(16-20)24(25,26)27/h3-10,16,21,28H,2,11-15,17H2,1H3,(H,29,32)/p+1. The molecule has 1 aliphatic heterocycles. The Morgan fingerprint density at radius 3 is 2.36 bits per heavy atom. The van der Waals surface area contributed by atoms with Gasteiger partial charge in [-0.3, -0.25) is 9.59 Å². The van der Waals surface area contributed by atoms with E-state index in [2.05, 4.69) is 17.1 Å². The number of alkyl halides is 3. The number of quaternary nitrogens is 1. The lowest BCUT2D eigenvalue weighted by molar-refractivity contribution is -0.666. The van der Waals surface area contributed by atoms with E-state index in [1.807, 2.05) is 35.2 Å². The number of rotatable bonds is 8. The molecule has 9 heteroatoms. The van der Waals surface area contributed by atoms with Gasteiger partial charge in [0.1, 0.15) is 0 Å². The van der Waals surface area contributed by atoms with Crippen LogP contribution >= 0.6 is 0 Å². The Labute approximate surface area is 191 Å². The molecule has 1 heterocycles. The Morgan fingerprint density at radius 1 is 1.03 bits per heavy atom. The quantitative estimate of drug-likeness (QED) is 0.629. The summed E-state index contributed by atoms with van der Waals surface area (Å²) in [5.41, 5.74) is 0.232. The summed E-state index contributed by atoms with van der Waals surface area (Å²) >= 11 is 0. The van der Waals surface area contributed by atoms with Crippen LogP contribution in [0.1, 0.15) is 18.1 Å². The minimum Gasteiger partial charge on any atom is -0.335 e. The van der Waals surface area contributed by atoms with Crippen molar-refractivity contribution in [1.82, 2.24) is 9.80 Å². The van der Waals surface area contributed by atoms with Crippen molar-refractivity contribution in [2.45, 2.75) is 25.6 Å². The van der Waals surface area contributed by atoms with Gasteiger partial charge in [-0.25, -0.2) is 0 Å². The van der Waals surface area contributed by atoms with Gasteiger partial charge in [0.15, 0.2) is 12.6 Å². The number of benzene rings is 2. The molecule has 0 aromatic heterocycles. The highest BCUT2D eigenvalue weighted by molar-refractivity contribution is 5.91. The van der Waals surface area contributed by atoms with E-state index in [0.29, 0.717) is 19.5 Å². The minimum absolute atomic E-state index is 0.0264. The molecular weight excluding hydrogens is 433 g/mol. The normalized spacial score (nSPS) is 15.8. The van der Waals surface area contributed by atoms with Crippen LogP contribution in [0.3, 0.4) is 0 Å². The second-order valence-electron chi connectivity index (χ2n) is 8.12. The van der Waals surface area contributed by atoms with E-state index < -0.39 is 23.7 Å². The summed E-state index contributed by atoms with van der Waals surface area (Å²) in [7, 11) is 0. The fraction of sp³-hybridized carbons (Fsp3) is 0.417. The molecule has 33 heavy (non-hydrogen) atoms. The van der Waals surface area contributed by atoms with Gasteiger partial charge < -0.3 is 20.4 Å². The fourth-order valence-electron chi connectivity index (χ4n) is 3.89. The highest BCUT2D eigenvalue weighted by Crippen LogP contribution is 2.30. The van der Waals surface area contributed by atoms with Crippen LogP contribution in [-0.4, -0.2) is 66.9 Å². The Morgan fingerprint density at radius 2 is 1.73 bits per heavy atom. The van der Waals surface area contributed by atoms with Crippen molar-refractivity contribution in [2.75, 3.05) is 44.6 Å². The molecule has 1 unspecified atom stereocenters. The van der Waals surface area contributed by atoms with Crippen LogP contribution < -0.4 is 10.6 Å². The third-order valence-corrected chi connectivity index (χ3v) is 5.81. The number of piperazine rings is 1. The number of nitrogens with zero attached hydrogens (tertiary/aromatic N) is 2. The SMILES string of the molecule is CCN1CCN(C(=O)C(Cc2ccccc2)[NH2+]CC(=O)Nc2cccc(C(F)(F)F)c2)CC1. The van der Waals surface area contributed by atoms with Crippen LogP contribution in [0.2, 0.25) is 0 Å². The molecule has 0 saturated carbocycles. The van der Waals surface area contributed by atoms with E-state index in [0.717, 1.165) is 37.3 Å². The summed E-state index contributed by atoms with van der Waals surface area (Å²) in [5.74, 6) is -0.488. The van der Waals surface area contributed by atoms with Crippen LogP contribution in [0.5, 0.6) is 0 Å². The zero-order valence-corrected chi connectivity index (χ0v) is 18.6. The zero-order valence-electron chi connectivity index (χ0n) is 18.6. The van der Waals surface area contributed by atoms with Crippen LogP contribution in [0, 0.1) is 0 Å². The largest absolute Gasteiger partial charge is 0.416 e. The maximum Gasteiger partial charge on any atom is 0.416 e. The van der Waals surface area contributed by atoms with E-state index in [1.165, 1.54) is 12.1 Å². The van der Waals surface area contributed by atoms with Crippen molar-refractivity contribution in [3.63, 3.8) is 0 Å². The summed E-state index contributed by atoms with van der Waals surface area (Å²) < 4.78 is 38.7. The lowest BCUT2D eigenvalue weighted by Crippen LogP contribution is -2.94. The van der Waals surface area contributed by atoms with Gasteiger partial charge in [-0.1, -0.05) is 43.3 Å². The number of amides is 2. The van der Waals surface area contributed by atoms with Crippen molar-refractivity contribution in [3.05, 3.63) is 65.7 Å². The second kappa shape index (κ2) is 11.3. The first kappa shape index (κ1) is 24.7. The lowest BCUT2D eigenvalue weighted by Gasteiger charge is -2.35. The number of hydrogen-bond donors (Lipinski definition) is 2. The first-order valence-corrected chi connectivity index (χ1v) is 11.1. The molecule has 0 aliphatic carbocycles. The zero-order chi connectivity index (χ0) is 23.8. The molecule has 2 aromatic rings. The summed E-state index contributed by atoms with van der Waals surface area (Å²) in [6.07, 6.45) is -4.02. The number of likely N-dealkylation sites (N-methyl/N-ethyl adjacent to an activating group) is 1. The molecule has 1 fully saturated rings. The number of nitrogens with two attached hydrogens (primary N) is 1. The Hall–Kier alpha value is -2.91. The van der Waals surface area contributed by atoms with E-state index in [4.69, 9.17) is 0 Å². The smallest absolute Gasteiger partial charge is 0.335 e. The van der Waals surface area contributed by atoms with E-state index in [-0.39, 0.29) is 18.1 Å². The average molecular weight is 464 g/mol. The molecule has 6 nitrogen and oxygen atoms in total. The monoisotopic (exact) mass is 463 g/mol. The molecule has 3 N–H and O–H groups in total. The van der Waals surface area contributed by atoms with Gasteiger partial charge in [-0.15, -0.1) is 0 Å². The first-order chi connectivity index (χ1) is 15.8. The van der Waals surface area contributed by atoms with Crippen LogP contribution in [-0.2, 0) is 22.2 Å². The van der Waals surface area contributed by atoms with Gasteiger partial charge in [0.2, 0.25) is 0 Å². The minimum atomic E-state index is -4.48. The molecule has 0 bridgehead atoms. The van der Waals surface area contributed by atoms with E-state index >= 15 is 0 Å². The first-order valence-electron chi connectivity index (χ1n) is 11.1. The number of anilines is 1. The number of carbonyl (C=O) groups is 2. The third kappa shape index (κ3) is 7.30. The van der Waals surface area contributed by atoms with Gasteiger partial charge in [0, 0.05) is 38.3 Å². The van der Waals surface area contributed by atoms with Gasteiger partial charge in [-0.2, -0.15) is 13.2 Å². The van der Waals surface area contributed by atoms with Crippen molar-refractivity contribution < 1.29 is 28.1 Å². The fourth-order valence-corrected chi connectivity index (χ4v) is 3.89. The molecule has 1 saturated heterocycles. The van der Waals surface area contributed by atoms with Crippen molar-refractivity contribution >= 4 is 17.5 Å². The van der Waals surface area contributed by atoms with Crippen molar-refractivity contribution in [1.29, 1.82) is 0 Å². The second-order valence-corrected chi connectivity index (χ2v) is 8.12. The predicted octanol–water partition coefficient (Wildman–Crippen LogP) is 1.98. The highest BCUT2D eigenvalue weighted by Gasteiger charge is 2.32. The van der Waals surface area contributed by atoms with Crippen molar-refractivity contribution in [3.8, 4) is 0 Å². The molecule has 2 amide bonds. The highest BCUT2D eigenvalue weighted by atomic mass is 19.4. The Balaban J connectivity index is 1.63. The molecule has 0 radical (unpaired) electrons. The average Bonchev–Trinajstić information content (AvgIpc) is 2.81. The summed E-state index contributed by atoms with van der Waals surface area (Å²) in [4.78, 5) is 29.8. The Bertz CT molecular complexity index is 929. The number of hydrogen-bond acceptors (Lipinski definition) is 3. The molecule has 3 rings (SSSR count). The third-order valence-electron chi connectivity index (χ3n) is 5.81. The molecular formula is C24H30F3N4O2+. The molecule has 1 aliphatic rings. The molecule has 1 atom stereocenters. The predicted molar refractivity (Wildman–Crippen MR) is 119 cm³/mol. The summed E-state index contributed by atoms with van der Waals surface area (Å²) in [6, 6.07) is 13.6. The number of halogens is 3. The maximum atomic E-state index is 13.2. The lowest BCUT2D eigenvalue weighted by atomic mass is 10.0.